The SMILES string of the molecule is COC(=O)c1ccc(CSCCOCCN)cc1. The third kappa shape index (κ3) is 5.53. The summed E-state index contributed by atoms with van der Waals surface area (Å²) in [5.74, 6) is 1.55. The Morgan fingerprint density at radius 1 is 1.28 bits per heavy atom. The van der Waals surface area contributed by atoms with E-state index in [4.69, 9.17) is 10.5 Å². The minimum Gasteiger partial charge on any atom is -0.465 e. The number of ether oxygens (including phenoxy) is 2. The molecule has 1 rings (SSSR count). The Morgan fingerprint density at radius 2 is 2.00 bits per heavy atom. The van der Waals surface area contributed by atoms with Gasteiger partial charge in [-0.2, -0.15) is 11.8 Å². The van der Waals surface area contributed by atoms with Crippen LogP contribution in [0.2, 0.25) is 0 Å². The lowest BCUT2D eigenvalue weighted by atomic mass is 10.1. The molecule has 0 spiro atoms. The van der Waals surface area contributed by atoms with Gasteiger partial charge in [-0.15, -0.1) is 0 Å². The topological polar surface area (TPSA) is 61.5 Å². The van der Waals surface area contributed by atoms with E-state index >= 15 is 0 Å². The molecular weight excluding hydrogens is 250 g/mol. The van der Waals surface area contributed by atoms with Crippen LogP contribution in [0.1, 0.15) is 15.9 Å². The molecule has 4 nitrogen and oxygen atoms in total. The molecule has 2 N–H and O–H groups in total. The summed E-state index contributed by atoms with van der Waals surface area (Å²) < 4.78 is 9.92. The molecule has 0 saturated carbocycles. The molecule has 0 aliphatic heterocycles. The molecule has 0 atom stereocenters. The van der Waals surface area contributed by atoms with Crippen LogP contribution in [0.3, 0.4) is 0 Å². The molecule has 100 valence electrons. The summed E-state index contributed by atoms with van der Waals surface area (Å²) in [5.41, 5.74) is 7.08. The molecule has 0 aliphatic rings. The van der Waals surface area contributed by atoms with E-state index in [1.165, 1.54) is 12.7 Å². The van der Waals surface area contributed by atoms with E-state index in [0.717, 1.165) is 18.1 Å². The van der Waals surface area contributed by atoms with Gasteiger partial charge in [0.2, 0.25) is 0 Å². The van der Waals surface area contributed by atoms with E-state index in [0.29, 0.717) is 18.7 Å². The highest BCUT2D eigenvalue weighted by Gasteiger charge is 2.03. The Balaban J connectivity index is 2.25. The maximum atomic E-state index is 11.2. The van der Waals surface area contributed by atoms with Crippen LogP contribution in [0, 0.1) is 0 Å². The molecular formula is C13H19NO3S. The normalized spacial score (nSPS) is 10.3. The second-order valence-electron chi connectivity index (χ2n) is 3.64. The van der Waals surface area contributed by atoms with Crippen molar-refractivity contribution in [2.24, 2.45) is 5.73 Å². The minimum atomic E-state index is -0.301. The number of nitrogens with two attached hydrogens (primary N) is 1. The summed E-state index contributed by atoms with van der Waals surface area (Å²) in [6, 6.07) is 7.46. The Bertz CT molecular complexity index is 354. The average Bonchev–Trinajstić information content (AvgIpc) is 2.42. The molecule has 0 radical (unpaired) electrons. The van der Waals surface area contributed by atoms with Gasteiger partial charge in [-0.3, -0.25) is 0 Å². The van der Waals surface area contributed by atoms with E-state index in [2.05, 4.69) is 4.74 Å². The van der Waals surface area contributed by atoms with Gasteiger partial charge in [0.25, 0.3) is 0 Å². The van der Waals surface area contributed by atoms with Crippen LogP contribution in [0.4, 0.5) is 0 Å². The van der Waals surface area contributed by atoms with Crippen molar-refractivity contribution in [1.82, 2.24) is 0 Å². The largest absolute Gasteiger partial charge is 0.465 e. The van der Waals surface area contributed by atoms with Gasteiger partial charge in [-0.25, -0.2) is 4.79 Å². The smallest absolute Gasteiger partial charge is 0.337 e. The molecule has 0 unspecified atom stereocenters. The first-order valence-electron chi connectivity index (χ1n) is 5.80. The summed E-state index contributed by atoms with van der Waals surface area (Å²) in [5, 5.41) is 0. The third-order valence-corrected chi connectivity index (χ3v) is 3.27. The first-order valence-corrected chi connectivity index (χ1v) is 6.96. The van der Waals surface area contributed by atoms with Crippen molar-refractivity contribution in [3.63, 3.8) is 0 Å². The number of rotatable bonds is 8. The zero-order valence-electron chi connectivity index (χ0n) is 10.6. The summed E-state index contributed by atoms with van der Waals surface area (Å²) >= 11 is 1.79. The van der Waals surface area contributed by atoms with Crippen LogP contribution in [0.25, 0.3) is 0 Å². The first-order chi connectivity index (χ1) is 8.77. The number of hydrogen-bond acceptors (Lipinski definition) is 5. The fraction of sp³-hybridized carbons (Fsp3) is 0.462. The van der Waals surface area contributed by atoms with Crippen molar-refractivity contribution in [2.45, 2.75) is 5.75 Å². The summed E-state index contributed by atoms with van der Waals surface area (Å²) in [6.07, 6.45) is 0. The van der Waals surface area contributed by atoms with E-state index in [1.807, 2.05) is 12.1 Å². The Morgan fingerprint density at radius 3 is 2.61 bits per heavy atom. The predicted octanol–water partition coefficient (Wildman–Crippen LogP) is 1.68. The standard InChI is InChI=1S/C13H19NO3S/c1-16-13(15)12-4-2-11(3-5-12)10-18-9-8-17-7-6-14/h2-5H,6-10,14H2,1H3. The van der Waals surface area contributed by atoms with Crippen molar-refractivity contribution < 1.29 is 14.3 Å². The van der Waals surface area contributed by atoms with Gasteiger partial charge in [-0.1, -0.05) is 12.1 Å². The van der Waals surface area contributed by atoms with Crippen LogP contribution in [0.5, 0.6) is 0 Å². The summed E-state index contributed by atoms with van der Waals surface area (Å²) in [7, 11) is 1.38. The monoisotopic (exact) mass is 269 g/mol. The number of carbonyl (C=O) groups excluding carboxylic acids is 1. The molecule has 1 aromatic rings. The van der Waals surface area contributed by atoms with Gasteiger partial charge in [0, 0.05) is 18.1 Å². The van der Waals surface area contributed by atoms with E-state index in [9.17, 15) is 4.79 Å². The molecule has 0 amide bonds. The lowest BCUT2D eigenvalue weighted by Crippen LogP contribution is -2.09. The fourth-order valence-electron chi connectivity index (χ4n) is 1.35. The first kappa shape index (κ1) is 15.0. The highest BCUT2D eigenvalue weighted by Crippen LogP contribution is 2.13. The van der Waals surface area contributed by atoms with Gasteiger partial charge in [-0.05, 0) is 17.7 Å². The van der Waals surface area contributed by atoms with Crippen molar-refractivity contribution in [3.05, 3.63) is 35.4 Å². The van der Waals surface area contributed by atoms with E-state index in [1.54, 1.807) is 23.9 Å². The molecule has 0 fully saturated rings. The number of thioether (sulfide) groups is 1. The summed E-state index contributed by atoms with van der Waals surface area (Å²) in [4.78, 5) is 11.2. The lowest BCUT2D eigenvalue weighted by Gasteiger charge is -2.04. The van der Waals surface area contributed by atoms with Crippen LogP contribution in [-0.2, 0) is 15.2 Å². The Kier molecular flexibility index (Phi) is 7.48. The number of methoxy groups -OCH3 is 1. The summed E-state index contributed by atoms with van der Waals surface area (Å²) in [6.45, 7) is 1.91. The van der Waals surface area contributed by atoms with Crippen LogP contribution in [-0.4, -0.2) is 38.6 Å². The Labute approximate surface area is 112 Å². The van der Waals surface area contributed by atoms with Gasteiger partial charge < -0.3 is 15.2 Å². The highest BCUT2D eigenvalue weighted by molar-refractivity contribution is 7.98. The molecule has 0 aliphatic carbocycles. The van der Waals surface area contributed by atoms with Crippen molar-refractivity contribution in [2.75, 3.05) is 32.6 Å². The molecule has 5 heteroatoms. The zero-order chi connectivity index (χ0) is 13.2. The number of esters is 1. The molecule has 0 heterocycles. The van der Waals surface area contributed by atoms with Crippen molar-refractivity contribution in [1.29, 1.82) is 0 Å². The second kappa shape index (κ2) is 8.97. The van der Waals surface area contributed by atoms with Crippen molar-refractivity contribution >= 4 is 17.7 Å². The fourth-order valence-corrected chi connectivity index (χ4v) is 2.16. The molecule has 0 saturated heterocycles. The van der Waals surface area contributed by atoms with E-state index < -0.39 is 0 Å². The molecule has 0 aromatic heterocycles. The lowest BCUT2D eigenvalue weighted by molar-refractivity contribution is 0.0600. The van der Waals surface area contributed by atoms with Gasteiger partial charge >= 0.3 is 5.97 Å². The van der Waals surface area contributed by atoms with Crippen molar-refractivity contribution in [3.8, 4) is 0 Å². The third-order valence-electron chi connectivity index (χ3n) is 2.28. The van der Waals surface area contributed by atoms with Gasteiger partial charge in [0.05, 0.1) is 25.9 Å². The second-order valence-corrected chi connectivity index (χ2v) is 4.75. The molecule has 18 heavy (non-hydrogen) atoms. The van der Waals surface area contributed by atoms with Gasteiger partial charge in [0.1, 0.15) is 0 Å². The van der Waals surface area contributed by atoms with Crippen LogP contribution >= 0.6 is 11.8 Å². The average molecular weight is 269 g/mol. The predicted molar refractivity (Wildman–Crippen MR) is 73.8 cm³/mol. The van der Waals surface area contributed by atoms with Crippen LogP contribution < -0.4 is 5.73 Å². The minimum absolute atomic E-state index is 0.301. The quantitative estimate of drug-likeness (QED) is 0.575. The molecule has 1 aromatic carbocycles. The van der Waals surface area contributed by atoms with E-state index in [-0.39, 0.29) is 5.97 Å². The maximum Gasteiger partial charge on any atom is 0.337 e. The number of carbonyl (C=O) groups is 1. The highest BCUT2D eigenvalue weighted by atomic mass is 32.2. The number of benzene rings is 1. The van der Waals surface area contributed by atoms with Crippen LogP contribution in [0.15, 0.2) is 24.3 Å². The zero-order valence-corrected chi connectivity index (χ0v) is 11.4. The maximum absolute atomic E-state index is 11.2. The number of hydrogen-bond donors (Lipinski definition) is 1. The Hall–Kier alpha value is -1.04. The van der Waals surface area contributed by atoms with Gasteiger partial charge in [0.15, 0.2) is 0 Å². The molecule has 0 bridgehead atoms.